The Morgan fingerprint density at radius 2 is 1.92 bits per heavy atom. The van der Waals surface area contributed by atoms with Gasteiger partial charge in [0, 0.05) is 37.8 Å². The number of fused-ring (bicyclic) bond motifs is 1. The predicted octanol–water partition coefficient (Wildman–Crippen LogP) is 1.65. The number of ether oxygens (including phenoxy) is 1. The molecule has 0 radical (unpaired) electrons. The molecule has 0 aliphatic carbocycles. The van der Waals surface area contributed by atoms with E-state index in [1.807, 2.05) is 29.2 Å². The van der Waals surface area contributed by atoms with Gasteiger partial charge in [-0.2, -0.15) is 0 Å². The number of carbonyl (C=O) groups excluding carboxylic acids is 2. The van der Waals surface area contributed by atoms with Crippen LogP contribution in [0.1, 0.15) is 25.7 Å². The second kappa shape index (κ2) is 7.66. The van der Waals surface area contributed by atoms with Gasteiger partial charge in [-0.3, -0.25) is 9.59 Å². The summed E-state index contributed by atoms with van der Waals surface area (Å²) in [6, 6.07) is 7.49. The van der Waals surface area contributed by atoms with Crippen LogP contribution in [0.3, 0.4) is 0 Å². The van der Waals surface area contributed by atoms with E-state index in [0.717, 1.165) is 57.7 Å². The maximum absolute atomic E-state index is 12.6. The molecule has 140 valence electrons. The van der Waals surface area contributed by atoms with Crippen molar-refractivity contribution in [3.8, 4) is 5.75 Å². The van der Waals surface area contributed by atoms with E-state index in [9.17, 15) is 9.59 Å². The molecule has 26 heavy (non-hydrogen) atoms. The van der Waals surface area contributed by atoms with E-state index >= 15 is 0 Å². The number of benzene rings is 1. The van der Waals surface area contributed by atoms with Gasteiger partial charge in [0.1, 0.15) is 5.75 Å². The van der Waals surface area contributed by atoms with Crippen LogP contribution in [0.4, 0.5) is 5.69 Å². The minimum absolute atomic E-state index is 0.0561. The van der Waals surface area contributed by atoms with E-state index in [1.54, 1.807) is 4.90 Å². The topological polar surface area (TPSA) is 61.9 Å². The van der Waals surface area contributed by atoms with Crippen molar-refractivity contribution in [1.29, 1.82) is 0 Å². The van der Waals surface area contributed by atoms with Crippen LogP contribution in [-0.4, -0.2) is 56.0 Å². The van der Waals surface area contributed by atoms with Crippen LogP contribution < -0.4 is 15.0 Å². The van der Waals surface area contributed by atoms with Crippen LogP contribution in [0, 0.1) is 11.8 Å². The zero-order chi connectivity index (χ0) is 17.9. The lowest BCUT2D eigenvalue weighted by molar-refractivity contribution is -0.133. The van der Waals surface area contributed by atoms with Crippen LogP contribution in [0.2, 0.25) is 0 Å². The first-order chi connectivity index (χ1) is 12.7. The van der Waals surface area contributed by atoms with Gasteiger partial charge in [0.25, 0.3) is 5.91 Å². The molecule has 3 aliphatic rings. The van der Waals surface area contributed by atoms with Gasteiger partial charge in [-0.1, -0.05) is 6.07 Å². The molecule has 1 N–H and O–H groups in total. The molecule has 0 aromatic heterocycles. The first kappa shape index (κ1) is 17.3. The van der Waals surface area contributed by atoms with Gasteiger partial charge in [0.05, 0.1) is 0 Å². The van der Waals surface area contributed by atoms with E-state index in [2.05, 4.69) is 5.32 Å². The maximum Gasteiger partial charge on any atom is 0.260 e. The molecule has 1 aromatic carbocycles. The number of anilines is 1. The number of nitrogens with one attached hydrogen (secondary N) is 1. The quantitative estimate of drug-likeness (QED) is 0.890. The van der Waals surface area contributed by atoms with Crippen LogP contribution in [0.5, 0.6) is 5.75 Å². The van der Waals surface area contributed by atoms with E-state index in [-0.39, 0.29) is 18.4 Å². The van der Waals surface area contributed by atoms with Crippen LogP contribution in [-0.2, 0) is 9.59 Å². The molecule has 3 saturated heterocycles. The Morgan fingerprint density at radius 3 is 2.62 bits per heavy atom. The lowest BCUT2D eigenvalue weighted by atomic mass is 9.92. The third-order valence-corrected chi connectivity index (χ3v) is 5.94. The third-order valence-electron chi connectivity index (χ3n) is 5.94. The normalized spacial score (nSPS) is 25.9. The fraction of sp³-hybridized carbons (Fsp3) is 0.600. The van der Waals surface area contributed by atoms with Crippen LogP contribution in [0.15, 0.2) is 24.3 Å². The van der Waals surface area contributed by atoms with Crippen LogP contribution in [0.25, 0.3) is 0 Å². The molecule has 0 spiro atoms. The molecule has 3 heterocycles. The van der Waals surface area contributed by atoms with Crippen molar-refractivity contribution in [3.63, 3.8) is 0 Å². The summed E-state index contributed by atoms with van der Waals surface area (Å²) in [6.07, 6.45) is 3.66. The van der Waals surface area contributed by atoms with Gasteiger partial charge in [-0.15, -0.1) is 0 Å². The van der Waals surface area contributed by atoms with Crippen molar-refractivity contribution in [2.45, 2.75) is 25.7 Å². The highest BCUT2D eigenvalue weighted by atomic mass is 16.5. The molecule has 6 nitrogen and oxygen atoms in total. The highest BCUT2D eigenvalue weighted by Gasteiger charge is 2.31. The van der Waals surface area contributed by atoms with Gasteiger partial charge >= 0.3 is 0 Å². The molecule has 0 bridgehead atoms. The average Bonchev–Trinajstić information content (AvgIpc) is 3.24. The first-order valence-corrected chi connectivity index (χ1v) is 9.72. The SMILES string of the molecule is O=C(COc1cccc(N2CCCC2=O)c1)N1CC[C@@H]2CNC[C@@H]2CC1. The molecule has 0 unspecified atom stereocenters. The molecule has 1 aromatic rings. The van der Waals surface area contributed by atoms with Gasteiger partial charge in [0.2, 0.25) is 5.91 Å². The zero-order valence-corrected chi connectivity index (χ0v) is 15.2. The summed E-state index contributed by atoms with van der Waals surface area (Å²) in [7, 11) is 0. The Bertz CT molecular complexity index is 664. The molecule has 0 saturated carbocycles. The molecule has 2 amide bonds. The maximum atomic E-state index is 12.6. The van der Waals surface area contributed by atoms with Gasteiger partial charge in [-0.25, -0.2) is 0 Å². The Hall–Kier alpha value is -2.08. The molecule has 6 heteroatoms. The largest absolute Gasteiger partial charge is 0.484 e. The third kappa shape index (κ3) is 3.70. The van der Waals surface area contributed by atoms with Crippen molar-refractivity contribution in [2.75, 3.05) is 44.2 Å². The summed E-state index contributed by atoms with van der Waals surface area (Å²) in [5.74, 6) is 2.28. The van der Waals surface area contributed by atoms with Crippen molar-refractivity contribution in [2.24, 2.45) is 11.8 Å². The number of amides is 2. The van der Waals surface area contributed by atoms with E-state index < -0.39 is 0 Å². The summed E-state index contributed by atoms with van der Waals surface area (Å²) in [5.41, 5.74) is 0.854. The van der Waals surface area contributed by atoms with E-state index in [4.69, 9.17) is 4.74 Å². The molecular weight excluding hydrogens is 330 g/mol. The van der Waals surface area contributed by atoms with Gasteiger partial charge in [0.15, 0.2) is 6.61 Å². The van der Waals surface area contributed by atoms with Crippen LogP contribution >= 0.6 is 0 Å². The number of rotatable bonds is 4. The first-order valence-electron chi connectivity index (χ1n) is 9.72. The second-order valence-electron chi connectivity index (χ2n) is 7.57. The number of nitrogens with zero attached hydrogens (tertiary/aromatic N) is 2. The van der Waals surface area contributed by atoms with Crippen molar-refractivity contribution >= 4 is 17.5 Å². The highest BCUT2D eigenvalue weighted by Crippen LogP contribution is 2.28. The Morgan fingerprint density at radius 1 is 1.15 bits per heavy atom. The Labute approximate surface area is 154 Å². The van der Waals surface area contributed by atoms with E-state index in [0.29, 0.717) is 24.0 Å². The van der Waals surface area contributed by atoms with Gasteiger partial charge < -0.3 is 19.9 Å². The number of carbonyl (C=O) groups is 2. The minimum atomic E-state index is 0.0561. The van der Waals surface area contributed by atoms with Crippen molar-refractivity contribution in [1.82, 2.24) is 10.2 Å². The molecule has 2 atom stereocenters. The highest BCUT2D eigenvalue weighted by molar-refractivity contribution is 5.95. The lowest BCUT2D eigenvalue weighted by Gasteiger charge is -2.21. The van der Waals surface area contributed by atoms with E-state index in [1.165, 1.54) is 0 Å². The fourth-order valence-corrected chi connectivity index (χ4v) is 4.37. The second-order valence-corrected chi connectivity index (χ2v) is 7.57. The minimum Gasteiger partial charge on any atom is -0.484 e. The van der Waals surface area contributed by atoms with Crippen molar-refractivity contribution < 1.29 is 14.3 Å². The number of hydrogen-bond donors (Lipinski definition) is 1. The summed E-state index contributed by atoms with van der Waals surface area (Å²) in [6.45, 7) is 4.65. The monoisotopic (exact) mass is 357 g/mol. The molecular formula is C20H27N3O3. The number of hydrogen-bond acceptors (Lipinski definition) is 4. The van der Waals surface area contributed by atoms with Gasteiger partial charge in [-0.05, 0) is 56.3 Å². The standard InChI is InChI=1S/C20H27N3O3/c24-19-5-2-8-23(19)17-3-1-4-18(11-17)26-14-20(25)22-9-6-15-12-21-13-16(15)7-10-22/h1,3-4,11,15-16,21H,2,5-10,12-14H2/t15-,16+. The summed E-state index contributed by atoms with van der Waals surface area (Å²) in [5, 5.41) is 3.46. The molecule has 3 fully saturated rings. The smallest absolute Gasteiger partial charge is 0.260 e. The zero-order valence-electron chi connectivity index (χ0n) is 15.2. The molecule has 4 rings (SSSR count). The van der Waals surface area contributed by atoms with Crippen molar-refractivity contribution in [3.05, 3.63) is 24.3 Å². The summed E-state index contributed by atoms with van der Waals surface area (Å²) < 4.78 is 5.75. The Balaban J connectivity index is 1.32. The summed E-state index contributed by atoms with van der Waals surface area (Å²) >= 11 is 0. The lowest BCUT2D eigenvalue weighted by Crippen LogP contribution is -2.36. The fourth-order valence-electron chi connectivity index (χ4n) is 4.37. The predicted molar refractivity (Wildman–Crippen MR) is 99.2 cm³/mol. The summed E-state index contributed by atoms with van der Waals surface area (Å²) in [4.78, 5) is 28.2. The Kier molecular flexibility index (Phi) is 5.11. The average molecular weight is 357 g/mol. The number of likely N-dealkylation sites (tertiary alicyclic amines) is 1. The molecule has 3 aliphatic heterocycles.